The molecule has 1 aliphatic carbocycles. The van der Waals surface area contributed by atoms with Crippen LogP contribution < -0.4 is 4.90 Å². The van der Waals surface area contributed by atoms with Gasteiger partial charge >= 0.3 is 0 Å². The molecule has 1 aliphatic rings. The van der Waals surface area contributed by atoms with Crippen molar-refractivity contribution < 1.29 is 0 Å². The third-order valence-corrected chi connectivity index (χ3v) is 11.0. The number of anilines is 3. The molecule has 0 saturated heterocycles. The third-order valence-electron chi connectivity index (χ3n) is 11.0. The summed E-state index contributed by atoms with van der Waals surface area (Å²) in [5.74, 6) is 0. The van der Waals surface area contributed by atoms with Crippen molar-refractivity contribution in [1.82, 2.24) is 0 Å². The highest BCUT2D eigenvalue weighted by molar-refractivity contribution is 6.24. The first-order valence-corrected chi connectivity index (χ1v) is 17.5. The van der Waals surface area contributed by atoms with Crippen LogP contribution in [0.3, 0.4) is 0 Å². The molecule has 9 aromatic rings. The number of rotatable bonds is 4. The van der Waals surface area contributed by atoms with Gasteiger partial charge in [-0.3, -0.25) is 0 Å². The summed E-state index contributed by atoms with van der Waals surface area (Å²) in [5, 5.41) is 10.0. The van der Waals surface area contributed by atoms with Gasteiger partial charge in [0.15, 0.2) is 0 Å². The first-order chi connectivity index (χ1) is 24.6. The minimum absolute atomic E-state index is 0.0653. The first-order valence-electron chi connectivity index (χ1n) is 17.5. The Bertz CT molecular complexity index is 2800. The van der Waals surface area contributed by atoms with Gasteiger partial charge in [-0.05, 0) is 95.9 Å². The monoisotopic (exact) mass is 637 g/mol. The van der Waals surface area contributed by atoms with Gasteiger partial charge in [0.05, 0.1) is 11.4 Å². The van der Waals surface area contributed by atoms with E-state index < -0.39 is 0 Å². The van der Waals surface area contributed by atoms with E-state index in [1.165, 1.54) is 82.2 Å². The van der Waals surface area contributed by atoms with Crippen molar-refractivity contribution in [2.45, 2.75) is 19.3 Å². The van der Waals surface area contributed by atoms with Gasteiger partial charge < -0.3 is 4.90 Å². The molecule has 50 heavy (non-hydrogen) atoms. The Kier molecular flexibility index (Phi) is 6.29. The molecule has 1 heteroatoms. The maximum Gasteiger partial charge on any atom is 0.0552 e. The molecule has 0 radical (unpaired) electrons. The van der Waals surface area contributed by atoms with E-state index in [9.17, 15) is 0 Å². The van der Waals surface area contributed by atoms with Crippen molar-refractivity contribution in [3.8, 4) is 22.3 Å². The summed E-state index contributed by atoms with van der Waals surface area (Å²) in [5.41, 5.74) is 11.2. The molecule has 0 heterocycles. The molecule has 236 valence electrons. The summed E-state index contributed by atoms with van der Waals surface area (Å²) in [6, 6.07) is 65.1. The average Bonchev–Trinajstić information content (AvgIpc) is 3.40. The van der Waals surface area contributed by atoms with E-state index in [0.717, 1.165) is 11.4 Å². The van der Waals surface area contributed by atoms with E-state index in [1.807, 2.05) is 0 Å². The lowest BCUT2D eigenvalue weighted by Gasteiger charge is -2.31. The first kappa shape index (κ1) is 28.8. The van der Waals surface area contributed by atoms with Crippen molar-refractivity contribution in [2.24, 2.45) is 0 Å². The number of benzene rings is 9. The van der Waals surface area contributed by atoms with Gasteiger partial charge in [-0.2, -0.15) is 0 Å². The highest BCUT2D eigenvalue weighted by Gasteiger charge is 2.36. The van der Waals surface area contributed by atoms with E-state index >= 15 is 0 Å². The summed E-state index contributed by atoms with van der Waals surface area (Å²) < 4.78 is 0. The topological polar surface area (TPSA) is 3.24 Å². The minimum Gasteiger partial charge on any atom is -0.309 e. The second-order valence-electron chi connectivity index (χ2n) is 14.1. The molecule has 0 N–H and O–H groups in total. The Morgan fingerprint density at radius 3 is 1.88 bits per heavy atom. The molecule has 0 spiro atoms. The molecule has 0 amide bonds. The van der Waals surface area contributed by atoms with Gasteiger partial charge in [0.25, 0.3) is 0 Å². The Labute approximate surface area is 292 Å². The zero-order valence-electron chi connectivity index (χ0n) is 28.2. The fourth-order valence-electron chi connectivity index (χ4n) is 8.56. The van der Waals surface area contributed by atoms with Crippen molar-refractivity contribution in [3.05, 3.63) is 187 Å². The Hall–Kier alpha value is -6.18. The predicted molar refractivity (Wildman–Crippen MR) is 214 cm³/mol. The molecule has 1 nitrogen and oxygen atoms in total. The quantitative estimate of drug-likeness (QED) is 0.174. The Morgan fingerprint density at radius 1 is 0.380 bits per heavy atom. The number of fused-ring (bicyclic) bond motifs is 9. The van der Waals surface area contributed by atoms with Gasteiger partial charge in [0.2, 0.25) is 0 Å². The van der Waals surface area contributed by atoms with Crippen LogP contribution in [0, 0.1) is 0 Å². The molecule has 0 aromatic heterocycles. The third kappa shape index (κ3) is 4.27. The maximum atomic E-state index is 2.53. The van der Waals surface area contributed by atoms with Crippen LogP contribution in [0.1, 0.15) is 25.0 Å². The normalized spacial score (nSPS) is 13.2. The van der Waals surface area contributed by atoms with Gasteiger partial charge in [0.1, 0.15) is 0 Å². The number of nitrogens with zero attached hydrogens (tertiary/aromatic N) is 1. The molecular weight excluding hydrogens is 603 g/mol. The smallest absolute Gasteiger partial charge is 0.0552 e. The van der Waals surface area contributed by atoms with Gasteiger partial charge in [-0.1, -0.05) is 159 Å². The predicted octanol–water partition coefficient (Wildman–Crippen LogP) is 13.7. The highest BCUT2D eigenvalue weighted by atomic mass is 15.1. The summed E-state index contributed by atoms with van der Waals surface area (Å²) in [6.07, 6.45) is 0. The van der Waals surface area contributed by atoms with Crippen LogP contribution in [0.5, 0.6) is 0 Å². The largest absolute Gasteiger partial charge is 0.309 e. The second kappa shape index (κ2) is 10.9. The Morgan fingerprint density at radius 2 is 1.02 bits per heavy atom. The van der Waals surface area contributed by atoms with Crippen molar-refractivity contribution in [1.29, 1.82) is 0 Å². The maximum absolute atomic E-state index is 2.53. The average molecular weight is 638 g/mol. The van der Waals surface area contributed by atoms with Crippen LogP contribution in [0.4, 0.5) is 17.1 Å². The van der Waals surface area contributed by atoms with Crippen LogP contribution in [-0.2, 0) is 5.41 Å². The van der Waals surface area contributed by atoms with E-state index in [2.05, 4.69) is 195 Å². The molecule has 0 unspecified atom stereocenters. The summed E-state index contributed by atoms with van der Waals surface area (Å²) in [6.45, 7) is 4.71. The van der Waals surface area contributed by atoms with E-state index in [0.29, 0.717) is 0 Å². The van der Waals surface area contributed by atoms with Crippen LogP contribution in [0.2, 0.25) is 0 Å². The number of para-hydroxylation sites is 1. The van der Waals surface area contributed by atoms with E-state index in [1.54, 1.807) is 0 Å². The van der Waals surface area contributed by atoms with Crippen LogP contribution in [0.25, 0.3) is 65.3 Å². The summed E-state index contributed by atoms with van der Waals surface area (Å²) in [7, 11) is 0. The molecular formula is C49H35N. The van der Waals surface area contributed by atoms with Gasteiger partial charge in [-0.15, -0.1) is 0 Å². The molecule has 9 aromatic carbocycles. The van der Waals surface area contributed by atoms with Crippen molar-refractivity contribution in [2.75, 3.05) is 4.90 Å². The lowest BCUT2D eigenvalue weighted by Crippen LogP contribution is -2.15. The summed E-state index contributed by atoms with van der Waals surface area (Å²) in [4.78, 5) is 2.53. The minimum atomic E-state index is -0.0653. The lowest BCUT2D eigenvalue weighted by molar-refractivity contribution is 0.660. The Balaban J connectivity index is 1.32. The zero-order chi connectivity index (χ0) is 33.4. The van der Waals surface area contributed by atoms with Crippen LogP contribution in [0.15, 0.2) is 176 Å². The molecule has 0 saturated carbocycles. The number of hydrogen-bond donors (Lipinski definition) is 0. The molecule has 0 aliphatic heterocycles. The van der Waals surface area contributed by atoms with Crippen LogP contribution in [-0.4, -0.2) is 0 Å². The molecule has 10 rings (SSSR count). The molecule has 0 fully saturated rings. The van der Waals surface area contributed by atoms with Gasteiger partial charge in [0, 0.05) is 22.1 Å². The van der Waals surface area contributed by atoms with Gasteiger partial charge in [-0.25, -0.2) is 0 Å². The molecule has 0 atom stereocenters. The van der Waals surface area contributed by atoms with Crippen molar-refractivity contribution in [3.63, 3.8) is 0 Å². The standard InChI is InChI=1S/C49H35N/c1-49(2)44-21-11-9-20-41(44)43-31-37(26-28-45(43)49)50(46-22-12-10-18-39(46)36-24-23-32-13-3-4-15-34(32)29-36)47-30-35-16-6-7-17-38(35)42-27-25-33-14-5-8-19-40(33)48(42)47/h3-31H,1-2H3. The van der Waals surface area contributed by atoms with E-state index in [-0.39, 0.29) is 5.41 Å². The fraction of sp³-hybridized carbons (Fsp3) is 0.0612. The lowest BCUT2D eigenvalue weighted by atomic mass is 9.82. The van der Waals surface area contributed by atoms with E-state index in [4.69, 9.17) is 0 Å². The zero-order valence-corrected chi connectivity index (χ0v) is 28.2. The van der Waals surface area contributed by atoms with Crippen molar-refractivity contribution >= 4 is 60.2 Å². The summed E-state index contributed by atoms with van der Waals surface area (Å²) >= 11 is 0. The van der Waals surface area contributed by atoms with Crippen LogP contribution >= 0.6 is 0 Å². The SMILES string of the molecule is CC1(C)c2ccccc2-c2cc(N(c3ccccc3-c3ccc4ccccc4c3)c3cc4ccccc4c4ccc5ccccc5c34)ccc21. The molecule has 0 bridgehead atoms. The number of hydrogen-bond acceptors (Lipinski definition) is 1. The fourth-order valence-corrected chi connectivity index (χ4v) is 8.56. The second-order valence-corrected chi connectivity index (χ2v) is 14.1. The highest BCUT2D eigenvalue weighted by Crippen LogP contribution is 2.52.